The fourth-order valence-electron chi connectivity index (χ4n) is 2.69. The Kier molecular flexibility index (Phi) is 5.40. The number of carbonyl (C=O) groups excluding carboxylic acids is 1. The molecule has 24 heavy (non-hydrogen) atoms. The van der Waals surface area contributed by atoms with Crippen LogP contribution in [-0.4, -0.2) is 22.6 Å². The van der Waals surface area contributed by atoms with Gasteiger partial charge in [-0.05, 0) is 45.2 Å². The van der Waals surface area contributed by atoms with E-state index in [0.29, 0.717) is 5.56 Å². The van der Waals surface area contributed by atoms with Crippen molar-refractivity contribution in [1.29, 1.82) is 0 Å². The number of rotatable bonds is 3. The highest BCUT2D eigenvalue weighted by molar-refractivity contribution is 5.67. The van der Waals surface area contributed by atoms with Crippen LogP contribution in [0.25, 0.3) is 0 Å². The topological polar surface area (TPSA) is 51.2 Å². The number of alkyl halides is 2. The first-order chi connectivity index (χ1) is 11.1. The van der Waals surface area contributed by atoms with Gasteiger partial charge < -0.3 is 10.1 Å². The minimum atomic E-state index is -2.65. The molecule has 0 atom stereocenters. The summed E-state index contributed by atoms with van der Waals surface area (Å²) >= 11 is 0. The molecule has 1 N–H and O–H groups in total. The first-order valence-corrected chi connectivity index (χ1v) is 8.05. The summed E-state index contributed by atoms with van der Waals surface area (Å²) in [5.74, 6) is -3.45. The number of nitrogens with zero attached hydrogens (tertiary/aromatic N) is 1. The van der Waals surface area contributed by atoms with Crippen LogP contribution in [0.1, 0.15) is 63.6 Å². The zero-order chi connectivity index (χ0) is 18.0. The number of carbonyl (C=O) groups is 1. The molecular weight excluding hydrogens is 321 g/mol. The molecule has 0 unspecified atom stereocenters. The first-order valence-electron chi connectivity index (χ1n) is 8.05. The fraction of sp³-hybridized carbons (Fsp3) is 0.647. The maximum atomic E-state index is 14.2. The molecule has 0 radical (unpaired) electrons. The lowest BCUT2D eigenvalue weighted by atomic mass is 9.84. The van der Waals surface area contributed by atoms with E-state index in [-0.39, 0.29) is 43.8 Å². The van der Waals surface area contributed by atoms with E-state index in [4.69, 9.17) is 4.74 Å². The third kappa shape index (κ3) is 5.39. The van der Waals surface area contributed by atoms with Crippen LogP contribution in [-0.2, 0) is 11.3 Å². The molecule has 1 amide bonds. The number of ether oxygens (including phenoxy) is 1. The summed E-state index contributed by atoms with van der Waals surface area (Å²) < 4.78 is 45.7. The molecule has 4 nitrogen and oxygen atoms in total. The van der Waals surface area contributed by atoms with Gasteiger partial charge in [-0.15, -0.1) is 0 Å². The molecule has 1 aromatic rings. The van der Waals surface area contributed by atoms with Crippen molar-refractivity contribution >= 4 is 6.09 Å². The smallest absolute Gasteiger partial charge is 0.407 e. The average molecular weight is 344 g/mol. The number of alkyl carbamates (subject to hydrolysis) is 1. The number of aromatic nitrogens is 1. The molecule has 0 aliphatic heterocycles. The lowest BCUT2D eigenvalue weighted by molar-refractivity contribution is -0.0387. The van der Waals surface area contributed by atoms with Crippen LogP contribution < -0.4 is 5.32 Å². The Balaban J connectivity index is 1.94. The molecule has 134 valence electrons. The van der Waals surface area contributed by atoms with Gasteiger partial charge in [-0.3, -0.25) is 4.98 Å². The highest BCUT2D eigenvalue weighted by Crippen LogP contribution is 2.40. The summed E-state index contributed by atoms with van der Waals surface area (Å²) in [7, 11) is 0. The number of nitrogens with one attached hydrogen (secondary N) is 1. The predicted octanol–water partition coefficient (Wildman–Crippen LogP) is 4.54. The minimum absolute atomic E-state index is 0.0852. The lowest BCUT2D eigenvalue weighted by Crippen LogP contribution is -2.32. The first kappa shape index (κ1) is 18.5. The maximum absolute atomic E-state index is 14.2. The third-order valence-corrected chi connectivity index (χ3v) is 3.87. The van der Waals surface area contributed by atoms with Gasteiger partial charge in [0, 0.05) is 31.5 Å². The monoisotopic (exact) mass is 344 g/mol. The van der Waals surface area contributed by atoms with Gasteiger partial charge in [0.15, 0.2) is 0 Å². The molecule has 0 saturated heterocycles. The summed E-state index contributed by atoms with van der Waals surface area (Å²) in [6.07, 6.45) is 0.851. The van der Waals surface area contributed by atoms with E-state index < -0.39 is 23.4 Å². The SMILES string of the molecule is CC(C)(C)OC(=O)NCc1cnc(C2CCC(F)(F)CC2)c(F)c1. The number of pyridine rings is 1. The summed E-state index contributed by atoms with van der Waals surface area (Å²) in [6, 6.07) is 1.28. The largest absolute Gasteiger partial charge is 0.444 e. The number of hydrogen-bond acceptors (Lipinski definition) is 3. The molecule has 1 fully saturated rings. The summed E-state index contributed by atoms with van der Waals surface area (Å²) in [5, 5.41) is 2.53. The van der Waals surface area contributed by atoms with Gasteiger partial charge in [-0.25, -0.2) is 18.0 Å². The van der Waals surface area contributed by atoms with Crippen molar-refractivity contribution in [2.24, 2.45) is 0 Å². The molecule has 0 aromatic carbocycles. The highest BCUT2D eigenvalue weighted by atomic mass is 19.3. The molecule has 0 bridgehead atoms. The number of halogens is 3. The predicted molar refractivity (Wildman–Crippen MR) is 83.4 cm³/mol. The maximum Gasteiger partial charge on any atom is 0.407 e. The van der Waals surface area contributed by atoms with Gasteiger partial charge in [0.2, 0.25) is 5.92 Å². The van der Waals surface area contributed by atoms with Gasteiger partial charge in [0.1, 0.15) is 11.4 Å². The summed E-state index contributed by atoms with van der Waals surface area (Å²) in [6.45, 7) is 5.32. The van der Waals surface area contributed by atoms with Crippen LogP contribution in [0.3, 0.4) is 0 Å². The van der Waals surface area contributed by atoms with E-state index in [1.54, 1.807) is 20.8 Å². The molecule has 7 heteroatoms. The highest BCUT2D eigenvalue weighted by Gasteiger charge is 2.36. The Hall–Kier alpha value is -1.79. The second kappa shape index (κ2) is 6.99. The molecule has 1 heterocycles. The second-order valence-electron chi connectivity index (χ2n) is 7.20. The second-order valence-corrected chi connectivity index (χ2v) is 7.20. The molecule has 1 aliphatic carbocycles. The van der Waals surface area contributed by atoms with Crippen LogP contribution in [0.2, 0.25) is 0 Å². The zero-order valence-electron chi connectivity index (χ0n) is 14.2. The molecular formula is C17H23F3N2O2. The van der Waals surface area contributed by atoms with Crippen molar-refractivity contribution in [3.8, 4) is 0 Å². The summed E-state index contributed by atoms with van der Waals surface area (Å²) in [5.41, 5.74) is 0.107. The molecule has 1 aliphatic rings. The van der Waals surface area contributed by atoms with Crippen molar-refractivity contribution in [2.45, 2.75) is 70.4 Å². The third-order valence-electron chi connectivity index (χ3n) is 3.87. The van der Waals surface area contributed by atoms with E-state index in [9.17, 15) is 18.0 Å². The van der Waals surface area contributed by atoms with Crippen LogP contribution in [0.4, 0.5) is 18.0 Å². The van der Waals surface area contributed by atoms with E-state index >= 15 is 0 Å². The Morgan fingerprint density at radius 3 is 2.54 bits per heavy atom. The van der Waals surface area contributed by atoms with E-state index in [1.807, 2.05) is 0 Å². The Morgan fingerprint density at radius 1 is 1.38 bits per heavy atom. The standard InChI is InChI=1S/C17H23F3N2O2/c1-16(2,3)24-15(23)22-10-11-8-13(18)14(21-9-11)12-4-6-17(19,20)7-5-12/h8-9,12H,4-7,10H2,1-3H3,(H,22,23). The van der Waals surface area contributed by atoms with Crippen molar-refractivity contribution in [2.75, 3.05) is 0 Å². The molecule has 2 rings (SSSR count). The molecule has 0 spiro atoms. The van der Waals surface area contributed by atoms with Crippen molar-refractivity contribution in [3.63, 3.8) is 0 Å². The van der Waals surface area contributed by atoms with Gasteiger partial charge in [-0.1, -0.05) is 0 Å². The average Bonchev–Trinajstić information content (AvgIpc) is 2.44. The van der Waals surface area contributed by atoms with Gasteiger partial charge in [0.25, 0.3) is 0 Å². The van der Waals surface area contributed by atoms with Crippen LogP contribution in [0, 0.1) is 5.82 Å². The van der Waals surface area contributed by atoms with Crippen LogP contribution in [0.15, 0.2) is 12.3 Å². The Bertz CT molecular complexity index is 590. The molecule has 1 saturated carbocycles. The van der Waals surface area contributed by atoms with Crippen molar-refractivity contribution in [1.82, 2.24) is 10.3 Å². The zero-order valence-corrected chi connectivity index (χ0v) is 14.2. The number of hydrogen-bond donors (Lipinski definition) is 1. The quantitative estimate of drug-likeness (QED) is 0.876. The Labute approximate surface area is 139 Å². The van der Waals surface area contributed by atoms with E-state index in [2.05, 4.69) is 10.3 Å². The fourth-order valence-corrected chi connectivity index (χ4v) is 2.69. The van der Waals surface area contributed by atoms with Gasteiger partial charge in [0.05, 0.1) is 5.69 Å². The van der Waals surface area contributed by atoms with Crippen molar-refractivity contribution < 1.29 is 22.7 Å². The van der Waals surface area contributed by atoms with Gasteiger partial charge >= 0.3 is 6.09 Å². The van der Waals surface area contributed by atoms with Crippen molar-refractivity contribution in [3.05, 3.63) is 29.3 Å². The lowest BCUT2D eigenvalue weighted by Gasteiger charge is -2.28. The normalized spacial score (nSPS) is 18.2. The Morgan fingerprint density at radius 2 is 2.00 bits per heavy atom. The summed E-state index contributed by atoms with van der Waals surface area (Å²) in [4.78, 5) is 15.7. The molecule has 1 aromatic heterocycles. The van der Waals surface area contributed by atoms with Crippen LogP contribution >= 0.6 is 0 Å². The number of amides is 1. The minimum Gasteiger partial charge on any atom is -0.444 e. The van der Waals surface area contributed by atoms with E-state index in [1.165, 1.54) is 12.3 Å². The van der Waals surface area contributed by atoms with Crippen LogP contribution in [0.5, 0.6) is 0 Å². The van der Waals surface area contributed by atoms with E-state index in [0.717, 1.165) is 0 Å². The van der Waals surface area contributed by atoms with Gasteiger partial charge in [-0.2, -0.15) is 0 Å².